The van der Waals surface area contributed by atoms with Crippen LogP contribution >= 0.6 is 0 Å². The Morgan fingerprint density at radius 1 is 1.50 bits per heavy atom. The molecule has 1 rings (SSSR count). The van der Waals surface area contributed by atoms with Crippen molar-refractivity contribution in [1.29, 1.82) is 0 Å². The monoisotopic (exact) mass is 256 g/mol. The number of esters is 1. The number of hydrogen-bond donors (Lipinski definition) is 1. The smallest absolute Gasteiger partial charge is 0.338 e. The van der Waals surface area contributed by atoms with E-state index in [0.717, 1.165) is 6.42 Å². The number of ketones is 1. The van der Waals surface area contributed by atoms with Gasteiger partial charge in [-0.25, -0.2) is 4.79 Å². The zero-order chi connectivity index (χ0) is 14.0. The van der Waals surface area contributed by atoms with Crippen LogP contribution in [-0.4, -0.2) is 29.1 Å². The van der Waals surface area contributed by atoms with E-state index >= 15 is 0 Å². The van der Waals surface area contributed by atoms with Gasteiger partial charge in [-0.3, -0.25) is 4.79 Å². The molecule has 1 saturated carbocycles. The van der Waals surface area contributed by atoms with Crippen LogP contribution < -0.4 is 0 Å². The molecule has 0 radical (unpaired) electrons. The molecule has 104 valence electrons. The average Bonchev–Trinajstić information content (AvgIpc) is 2.37. The summed E-state index contributed by atoms with van der Waals surface area (Å²) < 4.78 is 4.97. The number of ether oxygens (including phenoxy) is 1. The lowest BCUT2D eigenvalue weighted by Crippen LogP contribution is -2.52. The van der Waals surface area contributed by atoms with Crippen LogP contribution in [0.4, 0.5) is 0 Å². The first kappa shape index (κ1) is 15.2. The second-order valence-electron chi connectivity index (χ2n) is 6.17. The molecule has 0 spiro atoms. The van der Waals surface area contributed by atoms with E-state index in [1.165, 1.54) is 0 Å². The highest BCUT2D eigenvalue weighted by Crippen LogP contribution is 2.43. The molecule has 0 bridgehead atoms. The molecule has 4 nitrogen and oxygen atoms in total. The molecule has 1 N–H and O–H groups in total. The zero-order valence-electron chi connectivity index (χ0n) is 11.8. The molecular weight excluding hydrogens is 232 g/mol. The summed E-state index contributed by atoms with van der Waals surface area (Å²) in [5.74, 6) is -0.965. The second kappa shape index (κ2) is 5.39. The van der Waals surface area contributed by atoms with Crippen molar-refractivity contribution in [3.05, 3.63) is 0 Å². The standard InChI is InChI=1S/C14H24O4/c1-5-18-12(16)14(17)9-10(15)7-6-8-11(14)13(2,3)4/h11,17H,5-9H2,1-4H3/t11-,14-/m0/s1. The highest BCUT2D eigenvalue weighted by Gasteiger charge is 2.51. The Morgan fingerprint density at radius 3 is 2.61 bits per heavy atom. The normalized spacial score (nSPS) is 29.8. The minimum absolute atomic E-state index is 0.0581. The lowest BCUT2D eigenvalue weighted by Gasteiger charge is -2.40. The van der Waals surface area contributed by atoms with Crippen molar-refractivity contribution in [2.45, 2.75) is 59.0 Å². The lowest BCUT2D eigenvalue weighted by molar-refractivity contribution is -0.179. The summed E-state index contributed by atoms with van der Waals surface area (Å²) in [5.41, 5.74) is -1.91. The molecule has 4 heteroatoms. The minimum Gasteiger partial charge on any atom is -0.464 e. The Balaban J connectivity index is 3.10. The Kier molecular flexibility index (Phi) is 4.54. The first-order valence-electron chi connectivity index (χ1n) is 6.63. The largest absolute Gasteiger partial charge is 0.464 e. The van der Waals surface area contributed by atoms with Gasteiger partial charge in [0, 0.05) is 18.8 Å². The molecule has 1 fully saturated rings. The van der Waals surface area contributed by atoms with Crippen LogP contribution in [0.5, 0.6) is 0 Å². The molecule has 0 saturated heterocycles. The Bertz CT molecular complexity index is 329. The van der Waals surface area contributed by atoms with Crippen molar-refractivity contribution in [3.63, 3.8) is 0 Å². The van der Waals surface area contributed by atoms with Crippen LogP contribution in [0.15, 0.2) is 0 Å². The van der Waals surface area contributed by atoms with E-state index in [1.54, 1.807) is 6.92 Å². The number of hydrogen-bond acceptors (Lipinski definition) is 4. The quantitative estimate of drug-likeness (QED) is 0.607. The molecule has 0 aromatic heterocycles. The predicted molar refractivity (Wildman–Crippen MR) is 68.0 cm³/mol. The van der Waals surface area contributed by atoms with E-state index in [1.807, 2.05) is 20.8 Å². The number of rotatable bonds is 2. The van der Waals surface area contributed by atoms with Crippen molar-refractivity contribution >= 4 is 11.8 Å². The van der Waals surface area contributed by atoms with Gasteiger partial charge in [-0.05, 0) is 25.2 Å². The third-order valence-corrected chi connectivity index (χ3v) is 3.67. The van der Waals surface area contributed by atoms with Crippen LogP contribution in [0.3, 0.4) is 0 Å². The minimum atomic E-state index is -1.66. The fourth-order valence-electron chi connectivity index (χ4n) is 2.87. The number of aliphatic hydroxyl groups is 1. The van der Waals surface area contributed by atoms with E-state index in [2.05, 4.69) is 0 Å². The van der Waals surface area contributed by atoms with Gasteiger partial charge in [0.25, 0.3) is 0 Å². The molecule has 0 heterocycles. The number of Topliss-reactive ketones (excluding diaryl/α,β-unsaturated/α-hetero) is 1. The maximum atomic E-state index is 12.1. The van der Waals surface area contributed by atoms with Gasteiger partial charge in [-0.15, -0.1) is 0 Å². The summed E-state index contributed by atoms with van der Waals surface area (Å²) in [6, 6.07) is 0. The van der Waals surface area contributed by atoms with E-state index in [0.29, 0.717) is 12.8 Å². The van der Waals surface area contributed by atoms with Crippen molar-refractivity contribution in [2.75, 3.05) is 6.61 Å². The molecule has 0 amide bonds. The van der Waals surface area contributed by atoms with Crippen LogP contribution in [0.1, 0.15) is 53.4 Å². The highest BCUT2D eigenvalue weighted by atomic mass is 16.5. The second-order valence-corrected chi connectivity index (χ2v) is 6.17. The summed E-state index contributed by atoms with van der Waals surface area (Å²) in [6.45, 7) is 7.87. The Morgan fingerprint density at radius 2 is 2.11 bits per heavy atom. The molecule has 0 unspecified atom stereocenters. The Hall–Kier alpha value is -0.900. The zero-order valence-corrected chi connectivity index (χ0v) is 11.8. The van der Waals surface area contributed by atoms with E-state index < -0.39 is 11.6 Å². The SMILES string of the molecule is CCOC(=O)[C@]1(O)CC(=O)CCC[C@H]1C(C)(C)C. The van der Waals surface area contributed by atoms with Gasteiger partial charge in [0.1, 0.15) is 5.78 Å². The van der Waals surface area contributed by atoms with Gasteiger partial charge < -0.3 is 9.84 Å². The molecule has 0 aromatic carbocycles. The Labute approximate surface area is 109 Å². The molecule has 0 aromatic rings. The third-order valence-electron chi connectivity index (χ3n) is 3.67. The first-order chi connectivity index (χ1) is 8.21. The van der Waals surface area contributed by atoms with E-state index in [4.69, 9.17) is 4.74 Å². The summed E-state index contributed by atoms with van der Waals surface area (Å²) in [4.78, 5) is 23.8. The van der Waals surface area contributed by atoms with E-state index in [-0.39, 0.29) is 30.1 Å². The highest BCUT2D eigenvalue weighted by molar-refractivity contribution is 5.89. The number of carbonyl (C=O) groups excluding carboxylic acids is 2. The van der Waals surface area contributed by atoms with Gasteiger partial charge in [-0.2, -0.15) is 0 Å². The summed E-state index contributed by atoms with van der Waals surface area (Å²) in [7, 11) is 0. The van der Waals surface area contributed by atoms with Gasteiger partial charge in [0.05, 0.1) is 6.61 Å². The fraction of sp³-hybridized carbons (Fsp3) is 0.857. The van der Waals surface area contributed by atoms with Crippen LogP contribution in [0, 0.1) is 11.3 Å². The van der Waals surface area contributed by atoms with Gasteiger partial charge in [0.2, 0.25) is 0 Å². The maximum Gasteiger partial charge on any atom is 0.338 e. The molecule has 1 aliphatic rings. The molecule has 18 heavy (non-hydrogen) atoms. The van der Waals surface area contributed by atoms with E-state index in [9.17, 15) is 14.7 Å². The maximum absolute atomic E-state index is 12.1. The van der Waals surface area contributed by atoms with Gasteiger partial charge >= 0.3 is 5.97 Å². The number of carbonyl (C=O) groups is 2. The van der Waals surface area contributed by atoms with Crippen molar-refractivity contribution in [2.24, 2.45) is 11.3 Å². The van der Waals surface area contributed by atoms with Crippen molar-refractivity contribution < 1.29 is 19.4 Å². The molecule has 1 aliphatic carbocycles. The van der Waals surface area contributed by atoms with Crippen molar-refractivity contribution in [1.82, 2.24) is 0 Å². The summed E-state index contributed by atoms with van der Waals surface area (Å²) in [6.07, 6.45) is 1.72. The van der Waals surface area contributed by atoms with Crippen LogP contribution in [0.2, 0.25) is 0 Å². The molecular formula is C14H24O4. The fourth-order valence-corrected chi connectivity index (χ4v) is 2.87. The van der Waals surface area contributed by atoms with Crippen LogP contribution in [-0.2, 0) is 14.3 Å². The topological polar surface area (TPSA) is 63.6 Å². The third kappa shape index (κ3) is 3.10. The van der Waals surface area contributed by atoms with Crippen LogP contribution in [0.25, 0.3) is 0 Å². The van der Waals surface area contributed by atoms with Gasteiger partial charge in [0.15, 0.2) is 5.60 Å². The van der Waals surface area contributed by atoms with Gasteiger partial charge in [-0.1, -0.05) is 20.8 Å². The molecule has 2 atom stereocenters. The lowest BCUT2D eigenvalue weighted by atomic mass is 9.68. The molecule has 0 aliphatic heterocycles. The predicted octanol–water partition coefficient (Wildman–Crippen LogP) is 2.09. The summed E-state index contributed by atoms with van der Waals surface area (Å²) >= 11 is 0. The first-order valence-corrected chi connectivity index (χ1v) is 6.63. The van der Waals surface area contributed by atoms with Crippen molar-refractivity contribution in [3.8, 4) is 0 Å². The average molecular weight is 256 g/mol. The summed E-state index contributed by atoms with van der Waals surface area (Å²) in [5, 5.41) is 10.7.